The molecule has 4 rings (SSSR count). The number of benzene rings is 3. The standard InChI is InChI=1S/C23H17FN2O2S/c1-15-21(16-10-12-18(24)13-11-16)25-23(29-15)26-22(27)17-6-5-9-20(14-17)28-19-7-3-2-4-8-19/h2-14H,1H3,(H,25,26,27). The predicted molar refractivity (Wildman–Crippen MR) is 113 cm³/mol. The van der Waals surface area contributed by atoms with E-state index in [1.165, 1.54) is 23.5 Å². The number of rotatable bonds is 5. The number of carbonyl (C=O) groups is 1. The van der Waals surface area contributed by atoms with Crippen molar-refractivity contribution in [2.24, 2.45) is 0 Å². The van der Waals surface area contributed by atoms with Gasteiger partial charge < -0.3 is 4.74 Å². The highest BCUT2D eigenvalue weighted by Crippen LogP contribution is 2.31. The molecule has 0 aliphatic heterocycles. The summed E-state index contributed by atoms with van der Waals surface area (Å²) in [6.45, 7) is 1.92. The van der Waals surface area contributed by atoms with Crippen molar-refractivity contribution in [2.45, 2.75) is 6.92 Å². The van der Waals surface area contributed by atoms with Gasteiger partial charge in [0.1, 0.15) is 17.3 Å². The lowest BCUT2D eigenvalue weighted by Crippen LogP contribution is -2.11. The predicted octanol–water partition coefficient (Wildman–Crippen LogP) is 6.30. The normalized spacial score (nSPS) is 10.6. The lowest BCUT2D eigenvalue weighted by Gasteiger charge is -2.07. The number of amides is 1. The molecule has 0 fully saturated rings. The fourth-order valence-electron chi connectivity index (χ4n) is 2.82. The Hall–Kier alpha value is -3.51. The first kappa shape index (κ1) is 18.8. The summed E-state index contributed by atoms with van der Waals surface area (Å²) in [7, 11) is 0. The summed E-state index contributed by atoms with van der Waals surface area (Å²) in [6.07, 6.45) is 0. The van der Waals surface area contributed by atoms with Crippen LogP contribution in [0.5, 0.6) is 11.5 Å². The van der Waals surface area contributed by atoms with E-state index in [2.05, 4.69) is 10.3 Å². The van der Waals surface area contributed by atoms with E-state index in [4.69, 9.17) is 4.74 Å². The number of nitrogens with zero attached hydrogens (tertiary/aromatic N) is 1. The maximum atomic E-state index is 13.2. The molecule has 3 aromatic carbocycles. The van der Waals surface area contributed by atoms with E-state index in [-0.39, 0.29) is 11.7 Å². The molecule has 0 aliphatic rings. The van der Waals surface area contributed by atoms with Gasteiger partial charge >= 0.3 is 0 Å². The zero-order valence-corrected chi connectivity index (χ0v) is 16.4. The van der Waals surface area contributed by atoms with Gasteiger partial charge in [0.2, 0.25) is 0 Å². The zero-order valence-electron chi connectivity index (χ0n) is 15.6. The lowest BCUT2D eigenvalue weighted by atomic mass is 10.1. The van der Waals surface area contributed by atoms with Crippen molar-refractivity contribution >= 4 is 22.4 Å². The fraction of sp³-hybridized carbons (Fsp3) is 0.0435. The molecule has 0 unspecified atom stereocenters. The molecular weight excluding hydrogens is 387 g/mol. The second kappa shape index (κ2) is 8.24. The van der Waals surface area contributed by atoms with E-state index in [1.807, 2.05) is 37.3 Å². The van der Waals surface area contributed by atoms with Gasteiger partial charge in [0.15, 0.2) is 5.13 Å². The summed E-state index contributed by atoms with van der Waals surface area (Å²) in [5.41, 5.74) is 2.00. The fourth-order valence-corrected chi connectivity index (χ4v) is 3.65. The van der Waals surface area contributed by atoms with E-state index in [9.17, 15) is 9.18 Å². The third-order valence-corrected chi connectivity index (χ3v) is 5.10. The van der Waals surface area contributed by atoms with Crippen LogP contribution in [0.1, 0.15) is 15.2 Å². The van der Waals surface area contributed by atoms with Crippen LogP contribution in [-0.4, -0.2) is 10.9 Å². The van der Waals surface area contributed by atoms with Crippen LogP contribution in [-0.2, 0) is 0 Å². The van der Waals surface area contributed by atoms with E-state index in [0.717, 1.165) is 16.1 Å². The number of nitrogens with one attached hydrogen (secondary N) is 1. The number of carbonyl (C=O) groups excluding carboxylic acids is 1. The zero-order chi connectivity index (χ0) is 20.2. The average molecular weight is 404 g/mol. The molecule has 4 nitrogen and oxygen atoms in total. The summed E-state index contributed by atoms with van der Waals surface area (Å²) >= 11 is 1.38. The molecule has 0 saturated heterocycles. The third-order valence-electron chi connectivity index (χ3n) is 4.21. The van der Waals surface area contributed by atoms with Crippen LogP contribution < -0.4 is 10.1 Å². The first-order valence-electron chi connectivity index (χ1n) is 8.96. The van der Waals surface area contributed by atoms with E-state index in [0.29, 0.717) is 22.2 Å². The highest BCUT2D eigenvalue weighted by atomic mass is 32.1. The number of aryl methyl sites for hydroxylation is 1. The smallest absolute Gasteiger partial charge is 0.257 e. The molecule has 29 heavy (non-hydrogen) atoms. The van der Waals surface area contributed by atoms with Gasteiger partial charge in [-0.3, -0.25) is 10.1 Å². The van der Waals surface area contributed by atoms with Crippen LogP contribution in [0, 0.1) is 12.7 Å². The summed E-state index contributed by atoms with van der Waals surface area (Å²) < 4.78 is 18.9. The molecule has 4 aromatic rings. The Morgan fingerprint density at radius 3 is 2.45 bits per heavy atom. The van der Waals surface area contributed by atoms with E-state index < -0.39 is 0 Å². The molecule has 1 heterocycles. The van der Waals surface area contributed by atoms with Crippen molar-refractivity contribution in [1.29, 1.82) is 0 Å². The highest BCUT2D eigenvalue weighted by Gasteiger charge is 2.14. The van der Waals surface area contributed by atoms with Crippen LogP contribution in [0.4, 0.5) is 9.52 Å². The molecule has 1 amide bonds. The molecule has 1 N–H and O–H groups in total. The van der Waals surface area contributed by atoms with Crippen molar-refractivity contribution in [3.63, 3.8) is 0 Å². The molecule has 0 spiro atoms. The Labute approximate surface area is 171 Å². The van der Waals surface area contributed by atoms with Gasteiger partial charge in [-0.15, -0.1) is 11.3 Å². The van der Waals surface area contributed by atoms with Crippen molar-refractivity contribution < 1.29 is 13.9 Å². The van der Waals surface area contributed by atoms with E-state index >= 15 is 0 Å². The minimum Gasteiger partial charge on any atom is -0.457 e. The minimum atomic E-state index is -0.298. The third kappa shape index (κ3) is 4.50. The average Bonchev–Trinajstić information content (AvgIpc) is 3.09. The first-order chi connectivity index (χ1) is 14.1. The quantitative estimate of drug-likeness (QED) is 0.424. The van der Waals surface area contributed by atoms with Crippen molar-refractivity contribution in [3.05, 3.63) is 95.1 Å². The van der Waals surface area contributed by atoms with Gasteiger partial charge in [-0.2, -0.15) is 0 Å². The molecule has 1 aromatic heterocycles. The van der Waals surface area contributed by atoms with Crippen LogP contribution in [0.2, 0.25) is 0 Å². The van der Waals surface area contributed by atoms with Gasteiger partial charge in [-0.25, -0.2) is 9.37 Å². The number of halogens is 1. The van der Waals surface area contributed by atoms with Crippen LogP contribution in [0.15, 0.2) is 78.9 Å². The van der Waals surface area contributed by atoms with Crippen molar-refractivity contribution in [1.82, 2.24) is 4.98 Å². The van der Waals surface area contributed by atoms with Gasteiger partial charge in [0.05, 0.1) is 5.69 Å². The van der Waals surface area contributed by atoms with E-state index in [1.54, 1.807) is 36.4 Å². The van der Waals surface area contributed by atoms with Crippen LogP contribution in [0.25, 0.3) is 11.3 Å². The second-order valence-corrected chi connectivity index (χ2v) is 7.53. The first-order valence-corrected chi connectivity index (χ1v) is 9.78. The Morgan fingerprint density at radius 2 is 1.69 bits per heavy atom. The van der Waals surface area contributed by atoms with Crippen LogP contribution >= 0.6 is 11.3 Å². The maximum Gasteiger partial charge on any atom is 0.257 e. The monoisotopic (exact) mass is 404 g/mol. The largest absolute Gasteiger partial charge is 0.457 e. The molecular formula is C23H17FN2O2S. The molecule has 0 bridgehead atoms. The molecule has 0 radical (unpaired) electrons. The van der Waals surface area contributed by atoms with Gasteiger partial charge in [0, 0.05) is 16.0 Å². The summed E-state index contributed by atoms with van der Waals surface area (Å²) in [4.78, 5) is 18.1. The number of aromatic nitrogens is 1. The number of para-hydroxylation sites is 1. The summed E-state index contributed by atoms with van der Waals surface area (Å²) in [5.74, 6) is 0.700. The summed E-state index contributed by atoms with van der Waals surface area (Å²) in [5, 5.41) is 3.32. The van der Waals surface area contributed by atoms with Crippen molar-refractivity contribution in [3.8, 4) is 22.8 Å². The second-order valence-electron chi connectivity index (χ2n) is 6.33. The molecule has 6 heteroatoms. The topological polar surface area (TPSA) is 51.2 Å². The van der Waals surface area contributed by atoms with Gasteiger partial charge in [-0.05, 0) is 61.5 Å². The van der Waals surface area contributed by atoms with Gasteiger partial charge in [0.25, 0.3) is 5.91 Å². The Bertz CT molecular complexity index is 1140. The SMILES string of the molecule is Cc1sc(NC(=O)c2cccc(Oc3ccccc3)c2)nc1-c1ccc(F)cc1. The number of thiazole rings is 1. The molecule has 0 aliphatic carbocycles. The molecule has 0 atom stereocenters. The maximum absolute atomic E-state index is 13.2. The molecule has 0 saturated carbocycles. The van der Waals surface area contributed by atoms with Crippen molar-refractivity contribution in [2.75, 3.05) is 5.32 Å². The lowest BCUT2D eigenvalue weighted by molar-refractivity contribution is 0.102. The Kier molecular flexibility index (Phi) is 5.35. The molecule has 144 valence electrons. The van der Waals surface area contributed by atoms with Gasteiger partial charge in [-0.1, -0.05) is 24.3 Å². The number of anilines is 1. The number of hydrogen-bond acceptors (Lipinski definition) is 4. The summed E-state index contributed by atoms with van der Waals surface area (Å²) in [6, 6.07) is 22.5. The number of hydrogen-bond donors (Lipinski definition) is 1. The Balaban J connectivity index is 1.50. The number of ether oxygens (including phenoxy) is 1. The minimum absolute atomic E-state index is 0.275. The van der Waals surface area contributed by atoms with Crippen LogP contribution in [0.3, 0.4) is 0 Å². The highest BCUT2D eigenvalue weighted by molar-refractivity contribution is 7.16. The Morgan fingerprint density at radius 1 is 0.966 bits per heavy atom.